The molecule has 0 heterocycles. The second-order valence-electron chi connectivity index (χ2n) is 4.90. The lowest BCUT2D eigenvalue weighted by Crippen LogP contribution is -2.27. The number of aryl methyl sites for hydroxylation is 1. The number of amides is 1. The Morgan fingerprint density at radius 2 is 1.90 bits per heavy atom. The monoisotopic (exact) mass is 290 g/mol. The first-order valence-electron chi connectivity index (χ1n) is 6.51. The van der Waals surface area contributed by atoms with E-state index < -0.39 is 17.8 Å². The quantitative estimate of drug-likeness (QED) is 0.852. The highest BCUT2D eigenvalue weighted by atomic mass is 19.1. The molecule has 0 bridgehead atoms. The van der Waals surface area contributed by atoms with Gasteiger partial charge in [-0.3, -0.25) is 4.79 Å². The van der Waals surface area contributed by atoms with Crippen LogP contribution in [0.15, 0.2) is 36.4 Å². The highest BCUT2D eigenvalue weighted by Crippen LogP contribution is 2.19. The molecule has 1 unspecified atom stereocenters. The molecule has 5 heteroatoms. The van der Waals surface area contributed by atoms with Gasteiger partial charge in [0.1, 0.15) is 11.6 Å². The third kappa shape index (κ3) is 3.18. The van der Waals surface area contributed by atoms with Crippen LogP contribution in [0.2, 0.25) is 0 Å². The van der Waals surface area contributed by atoms with E-state index in [0.29, 0.717) is 11.1 Å². The minimum Gasteiger partial charge on any atom is -0.396 e. The molecule has 0 saturated heterocycles. The van der Waals surface area contributed by atoms with Crippen molar-refractivity contribution in [3.8, 4) is 0 Å². The molecular formula is C16H16F2N2O. The van der Waals surface area contributed by atoms with Crippen molar-refractivity contribution in [1.82, 2.24) is 5.32 Å². The molecule has 21 heavy (non-hydrogen) atoms. The summed E-state index contributed by atoms with van der Waals surface area (Å²) in [5, 5.41) is 2.67. The van der Waals surface area contributed by atoms with Gasteiger partial charge in [0.05, 0.1) is 17.3 Å². The van der Waals surface area contributed by atoms with Crippen LogP contribution in [0.5, 0.6) is 0 Å². The number of carbonyl (C=O) groups is 1. The molecular weight excluding hydrogens is 274 g/mol. The van der Waals surface area contributed by atoms with E-state index in [0.717, 1.165) is 0 Å². The van der Waals surface area contributed by atoms with Crippen molar-refractivity contribution >= 4 is 11.6 Å². The molecule has 0 aliphatic rings. The summed E-state index contributed by atoms with van der Waals surface area (Å²) in [5.74, 6) is -1.48. The molecule has 0 aromatic heterocycles. The second kappa shape index (κ2) is 5.91. The largest absolute Gasteiger partial charge is 0.396 e. The Balaban J connectivity index is 2.18. The van der Waals surface area contributed by atoms with E-state index >= 15 is 0 Å². The second-order valence-corrected chi connectivity index (χ2v) is 4.90. The van der Waals surface area contributed by atoms with Gasteiger partial charge in [-0.1, -0.05) is 18.2 Å². The standard InChI is InChI=1S/C16H16F2N2O/c1-9-6-7-11(8-14(9)18)10(2)20-16(21)12-4-3-5-13(17)15(12)19/h3-8,10H,19H2,1-2H3,(H,20,21). The lowest BCUT2D eigenvalue weighted by atomic mass is 10.1. The molecule has 3 N–H and O–H groups in total. The SMILES string of the molecule is Cc1ccc(C(C)NC(=O)c2cccc(F)c2N)cc1F. The van der Waals surface area contributed by atoms with Crippen LogP contribution in [0.4, 0.5) is 14.5 Å². The zero-order valence-corrected chi connectivity index (χ0v) is 11.8. The van der Waals surface area contributed by atoms with Gasteiger partial charge in [0, 0.05) is 0 Å². The number of nitrogens with one attached hydrogen (secondary N) is 1. The van der Waals surface area contributed by atoms with Crippen LogP contribution >= 0.6 is 0 Å². The summed E-state index contributed by atoms with van der Waals surface area (Å²) in [6, 6.07) is 8.37. The zero-order valence-electron chi connectivity index (χ0n) is 11.8. The third-order valence-corrected chi connectivity index (χ3v) is 3.34. The number of para-hydroxylation sites is 1. The molecule has 2 rings (SSSR count). The van der Waals surface area contributed by atoms with E-state index in [1.807, 2.05) is 0 Å². The van der Waals surface area contributed by atoms with Gasteiger partial charge in [-0.2, -0.15) is 0 Å². The summed E-state index contributed by atoms with van der Waals surface area (Å²) >= 11 is 0. The molecule has 1 amide bonds. The highest BCUT2D eigenvalue weighted by Gasteiger charge is 2.16. The van der Waals surface area contributed by atoms with Crippen molar-refractivity contribution in [3.63, 3.8) is 0 Å². The number of anilines is 1. The number of nitrogens with two attached hydrogens (primary N) is 1. The Morgan fingerprint density at radius 3 is 2.57 bits per heavy atom. The van der Waals surface area contributed by atoms with Crippen LogP contribution in [0.1, 0.15) is 34.5 Å². The fraction of sp³-hybridized carbons (Fsp3) is 0.188. The average molecular weight is 290 g/mol. The number of rotatable bonds is 3. The van der Waals surface area contributed by atoms with Gasteiger partial charge in [-0.05, 0) is 43.2 Å². The van der Waals surface area contributed by atoms with Crippen LogP contribution in [0.3, 0.4) is 0 Å². The van der Waals surface area contributed by atoms with Crippen LogP contribution < -0.4 is 11.1 Å². The van der Waals surface area contributed by atoms with E-state index in [1.165, 1.54) is 24.3 Å². The van der Waals surface area contributed by atoms with Crippen molar-refractivity contribution in [2.24, 2.45) is 0 Å². The van der Waals surface area contributed by atoms with Gasteiger partial charge in [0.2, 0.25) is 0 Å². The third-order valence-electron chi connectivity index (χ3n) is 3.34. The molecule has 2 aromatic carbocycles. The van der Waals surface area contributed by atoms with Crippen molar-refractivity contribution < 1.29 is 13.6 Å². The number of hydrogen-bond acceptors (Lipinski definition) is 2. The molecule has 3 nitrogen and oxygen atoms in total. The number of carbonyl (C=O) groups excluding carboxylic acids is 1. The summed E-state index contributed by atoms with van der Waals surface area (Å²) in [6.45, 7) is 3.38. The summed E-state index contributed by atoms with van der Waals surface area (Å²) < 4.78 is 26.9. The Bertz CT molecular complexity index is 686. The molecule has 0 saturated carbocycles. The van der Waals surface area contributed by atoms with Gasteiger partial charge in [0.15, 0.2) is 0 Å². The Labute approximate surface area is 121 Å². The zero-order chi connectivity index (χ0) is 15.6. The van der Waals surface area contributed by atoms with E-state index in [2.05, 4.69) is 5.32 Å². The number of nitrogen functional groups attached to an aromatic ring is 1. The molecule has 0 aliphatic heterocycles. The first-order valence-corrected chi connectivity index (χ1v) is 6.51. The number of hydrogen-bond donors (Lipinski definition) is 2. The first kappa shape index (κ1) is 15.0. The topological polar surface area (TPSA) is 55.1 Å². The predicted molar refractivity (Wildman–Crippen MR) is 77.8 cm³/mol. The maximum Gasteiger partial charge on any atom is 0.253 e. The van der Waals surface area contributed by atoms with Gasteiger partial charge < -0.3 is 11.1 Å². The van der Waals surface area contributed by atoms with E-state index in [9.17, 15) is 13.6 Å². The highest BCUT2D eigenvalue weighted by molar-refractivity contribution is 5.99. The van der Waals surface area contributed by atoms with Crippen molar-refractivity contribution in [2.45, 2.75) is 19.9 Å². The van der Waals surface area contributed by atoms with Crippen molar-refractivity contribution in [2.75, 3.05) is 5.73 Å². The fourth-order valence-electron chi connectivity index (χ4n) is 1.97. The molecule has 0 aliphatic carbocycles. The van der Waals surface area contributed by atoms with Gasteiger partial charge >= 0.3 is 0 Å². The summed E-state index contributed by atoms with van der Waals surface area (Å²) in [6.07, 6.45) is 0. The number of benzene rings is 2. The van der Waals surface area contributed by atoms with Gasteiger partial charge in [-0.25, -0.2) is 8.78 Å². The first-order chi connectivity index (χ1) is 9.90. The molecule has 2 aromatic rings. The smallest absolute Gasteiger partial charge is 0.253 e. The minimum atomic E-state index is -0.642. The van der Waals surface area contributed by atoms with E-state index in [4.69, 9.17) is 5.73 Å². The fourth-order valence-corrected chi connectivity index (χ4v) is 1.97. The van der Waals surface area contributed by atoms with Crippen molar-refractivity contribution in [3.05, 3.63) is 64.7 Å². The van der Waals surface area contributed by atoms with Crippen LogP contribution in [0.25, 0.3) is 0 Å². The average Bonchev–Trinajstić information content (AvgIpc) is 2.44. The number of halogens is 2. The van der Waals surface area contributed by atoms with E-state index in [1.54, 1.807) is 26.0 Å². The van der Waals surface area contributed by atoms with Crippen LogP contribution in [-0.4, -0.2) is 5.91 Å². The lowest BCUT2D eigenvalue weighted by molar-refractivity contribution is 0.0940. The van der Waals surface area contributed by atoms with Crippen LogP contribution in [0, 0.1) is 18.6 Å². The van der Waals surface area contributed by atoms with Gasteiger partial charge in [0.25, 0.3) is 5.91 Å². The maximum absolute atomic E-state index is 13.5. The Morgan fingerprint density at radius 1 is 1.19 bits per heavy atom. The lowest BCUT2D eigenvalue weighted by Gasteiger charge is -2.16. The van der Waals surface area contributed by atoms with Crippen molar-refractivity contribution in [1.29, 1.82) is 0 Å². The normalized spacial score (nSPS) is 12.0. The molecule has 0 spiro atoms. The summed E-state index contributed by atoms with van der Waals surface area (Å²) in [7, 11) is 0. The predicted octanol–water partition coefficient (Wildman–Crippen LogP) is 3.35. The summed E-state index contributed by atoms with van der Waals surface area (Å²) in [4.78, 5) is 12.1. The molecule has 110 valence electrons. The molecule has 1 atom stereocenters. The summed E-state index contributed by atoms with van der Waals surface area (Å²) in [5.41, 5.74) is 6.57. The Hall–Kier alpha value is -2.43. The molecule has 0 fully saturated rings. The Kier molecular flexibility index (Phi) is 4.21. The maximum atomic E-state index is 13.5. The molecule has 0 radical (unpaired) electrons. The van der Waals surface area contributed by atoms with Gasteiger partial charge in [-0.15, -0.1) is 0 Å². The minimum absolute atomic E-state index is 0.0643. The van der Waals surface area contributed by atoms with E-state index in [-0.39, 0.29) is 17.1 Å². The van der Waals surface area contributed by atoms with Crippen LogP contribution in [-0.2, 0) is 0 Å².